The molecule has 0 aliphatic heterocycles. The van der Waals surface area contributed by atoms with E-state index in [4.69, 9.17) is 11.5 Å². The maximum Gasteiger partial charge on any atom is 0.125 e. The second-order valence-corrected chi connectivity index (χ2v) is 1.49. The van der Waals surface area contributed by atoms with Crippen molar-refractivity contribution in [1.29, 1.82) is 0 Å². The van der Waals surface area contributed by atoms with Gasteiger partial charge < -0.3 is 11.5 Å². The molecule has 0 saturated heterocycles. The van der Waals surface area contributed by atoms with Gasteiger partial charge in [0.1, 0.15) is 11.6 Å². The fourth-order valence-electron chi connectivity index (χ4n) is 0.469. The topological polar surface area (TPSA) is 64.9 Å². The quantitative estimate of drug-likeness (QED) is 0.541. The van der Waals surface area contributed by atoms with Gasteiger partial charge in [-0.3, -0.25) is 0 Å². The van der Waals surface area contributed by atoms with Crippen LogP contribution in [-0.2, 0) is 17.1 Å². The standard InChI is InChI=1S/C5H7N3.Fe/c6-4-2-1-3-5(7)8-4;/h1-3H,(H4,6,7,8);. The first-order chi connectivity index (χ1) is 3.79. The molecule has 0 atom stereocenters. The number of nitrogens with two attached hydrogens (primary N) is 2. The number of hydrogen-bond acceptors (Lipinski definition) is 3. The zero-order chi connectivity index (χ0) is 5.98. The molecule has 0 radical (unpaired) electrons. The Morgan fingerprint density at radius 3 is 1.78 bits per heavy atom. The van der Waals surface area contributed by atoms with Crippen molar-refractivity contribution in [2.45, 2.75) is 0 Å². The van der Waals surface area contributed by atoms with Crippen LogP contribution in [0.3, 0.4) is 0 Å². The summed E-state index contributed by atoms with van der Waals surface area (Å²) in [5.41, 5.74) is 10.5. The molecule has 1 heterocycles. The maximum absolute atomic E-state index is 5.27. The summed E-state index contributed by atoms with van der Waals surface area (Å²) in [6.07, 6.45) is 0. The Bertz CT molecular complexity index is 172. The van der Waals surface area contributed by atoms with Crippen molar-refractivity contribution in [2.24, 2.45) is 0 Å². The van der Waals surface area contributed by atoms with Crippen LogP contribution in [-0.4, -0.2) is 4.98 Å². The van der Waals surface area contributed by atoms with Gasteiger partial charge in [-0.25, -0.2) is 4.98 Å². The predicted molar refractivity (Wildman–Crippen MR) is 33.1 cm³/mol. The van der Waals surface area contributed by atoms with E-state index in [2.05, 4.69) is 4.98 Å². The Hall–Kier alpha value is -0.731. The molecule has 3 nitrogen and oxygen atoms in total. The molecule has 4 N–H and O–H groups in total. The Balaban J connectivity index is 0.000000640. The molecule has 1 aromatic heterocycles. The number of pyridine rings is 1. The molecule has 0 aliphatic carbocycles. The summed E-state index contributed by atoms with van der Waals surface area (Å²) in [7, 11) is 0. The molecular formula is C5H7FeN3. The van der Waals surface area contributed by atoms with Crippen molar-refractivity contribution in [3.05, 3.63) is 18.2 Å². The van der Waals surface area contributed by atoms with E-state index in [-0.39, 0.29) is 17.1 Å². The van der Waals surface area contributed by atoms with Crippen LogP contribution in [0.1, 0.15) is 0 Å². The maximum atomic E-state index is 5.27. The number of nitrogen functional groups attached to an aromatic ring is 2. The van der Waals surface area contributed by atoms with Gasteiger partial charge in [-0.2, -0.15) is 0 Å². The third kappa shape index (κ3) is 2.35. The monoisotopic (exact) mass is 165 g/mol. The van der Waals surface area contributed by atoms with Crippen LogP contribution in [0, 0.1) is 0 Å². The predicted octanol–water partition coefficient (Wildman–Crippen LogP) is 0.243. The molecule has 1 rings (SSSR count). The van der Waals surface area contributed by atoms with E-state index in [0.717, 1.165) is 0 Å². The number of hydrogen-bond donors (Lipinski definition) is 2. The second-order valence-electron chi connectivity index (χ2n) is 1.49. The van der Waals surface area contributed by atoms with Crippen molar-refractivity contribution in [1.82, 2.24) is 4.98 Å². The summed E-state index contributed by atoms with van der Waals surface area (Å²) in [5, 5.41) is 0. The van der Waals surface area contributed by atoms with E-state index in [0.29, 0.717) is 11.6 Å². The minimum Gasteiger partial charge on any atom is -0.384 e. The molecule has 0 unspecified atom stereocenters. The summed E-state index contributed by atoms with van der Waals surface area (Å²) in [6.45, 7) is 0. The van der Waals surface area contributed by atoms with E-state index >= 15 is 0 Å². The first kappa shape index (κ1) is 8.27. The minimum atomic E-state index is 0. The number of aromatic nitrogens is 1. The number of rotatable bonds is 0. The SMILES string of the molecule is Nc1cccc(N)n1.[Fe]. The summed E-state index contributed by atoms with van der Waals surface area (Å²) in [6, 6.07) is 5.14. The molecule has 0 spiro atoms. The number of anilines is 2. The van der Waals surface area contributed by atoms with Gasteiger partial charge in [-0.15, -0.1) is 0 Å². The minimum absolute atomic E-state index is 0. The molecular weight excluding hydrogens is 158 g/mol. The molecule has 0 fully saturated rings. The smallest absolute Gasteiger partial charge is 0.125 e. The largest absolute Gasteiger partial charge is 0.384 e. The third-order valence-corrected chi connectivity index (χ3v) is 0.792. The zero-order valence-corrected chi connectivity index (χ0v) is 5.79. The molecule has 50 valence electrons. The molecule has 9 heavy (non-hydrogen) atoms. The first-order valence-electron chi connectivity index (χ1n) is 2.27. The van der Waals surface area contributed by atoms with Crippen molar-refractivity contribution in [3.8, 4) is 0 Å². The normalized spacial score (nSPS) is 8.00. The van der Waals surface area contributed by atoms with Gasteiger partial charge in [-0.1, -0.05) is 6.07 Å². The van der Waals surface area contributed by atoms with Gasteiger partial charge in [0, 0.05) is 17.1 Å². The molecule has 4 heteroatoms. The van der Waals surface area contributed by atoms with E-state index in [1.807, 2.05) is 0 Å². The Kier molecular flexibility index (Phi) is 3.06. The van der Waals surface area contributed by atoms with Gasteiger partial charge in [0.05, 0.1) is 0 Å². The molecule has 0 aromatic carbocycles. The fourth-order valence-corrected chi connectivity index (χ4v) is 0.469. The van der Waals surface area contributed by atoms with Crippen LogP contribution >= 0.6 is 0 Å². The van der Waals surface area contributed by atoms with Crippen LogP contribution < -0.4 is 11.5 Å². The van der Waals surface area contributed by atoms with Gasteiger partial charge >= 0.3 is 0 Å². The van der Waals surface area contributed by atoms with E-state index in [1.54, 1.807) is 18.2 Å². The fraction of sp³-hybridized carbons (Fsp3) is 0. The van der Waals surface area contributed by atoms with Crippen LogP contribution in [0.15, 0.2) is 18.2 Å². The van der Waals surface area contributed by atoms with Crippen LogP contribution in [0.4, 0.5) is 11.6 Å². The summed E-state index contributed by atoms with van der Waals surface area (Å²) >= 11 is 0. The van der Waals surface area contributed by atoms with Crippen molar-refractivity contribution in [3.63, 3.8) is 0 Å². The van der Waals surface area contributed by atoms with E-state index < -0.39 is 0 Å². The van der Waals surface area contributed by atoms with Crippen molar-refractivity contribution < 1.29 is 17.1 Å². The van der Waals surface area contributed by atoms with Gasteiger partial charge in [0.25, 0.3) is 0 Å². The second kappa shape index (κ2) is 3.33. The molecule has 0 amide bonds. The Morgan fingerprint density at radius 2 is 1.56 bits per heavy atom. The van der Waals surface area contributed by atoms with Gasteiger partial charge in [-0.05, 0) is 12.1 Å². The Labute approximate surface area is 63.9 Å². The Morgan fingerprint density at radius 1 is 1.11 bits per heavy atom. The van der Waals surface area contributed by atoms with Gasteiger partial charge in [0.2, 0.25) is 0 Å². The van der Waals surface area contributed by atoms with E-state index in [9.17, 15) is 0 Å². The van der Waals surface area contributed by atoms with Crippen molar-refractivity contribution in [2.75, 3.05) is 11.5 Å². The molecule has 0 bridgehead atoms. The average Bonchev–Trinajstić information content (AvgIpc) is 1.64. The first-order valence-corrected chi connectivity index (χ1v) is 2.27. The summed E-state index contributed by atoms with van der Waals surface area (Å²) in [5.74, 6) is 0.926. The number of nitrogens with zero attached hydrogens (tertiary/aromatic N) is 1. The zero-order valence-electron chi connectivity index (χ0n) is 4.69. The van der Waals surface area contributed by atoms with Crippen LogP contribution in [0.25, 0.3) is 0 Å². The third-order valence-electron chi connectivity index (χ3n) is 0.792. The molecule has 1 aromatic rings. The summed E-state index contributed by atoms with van der Waals surface area (Å²) < 4.78 is 0. The van der Waals surface area contributed by atoms with Crippen LogP contribution in [0.2, 0.25) is 0 Å². The van der Waals surface area contributed by atoms with Crippen molar-refractivity contribution >= 4 is 11.6 Å². The van der Waals surface area contributed by atoms with Gasteiger partial charge in [0.15, 0.2) is 0 Å². The van der Waals surface area contributed by atoms with Crippen LogP contribution in [0.5, 0.6) is 0 Å². The molecule has 0 saturated carbocycles. The van der Waals surface area contributed by atoms with E-state index in [1.165, 1.54) is 0 Å². The summed E-state index contributed by atoms with van der Waals surface area (Å²) in [4.78, 5) is 3.73. The molecule has 0 aliphatic rings. The average molecular weight is 165 g/mol.